The normalized spacial score (nSPS) is 11.3. The Bertz CT molecular complexity index is 392. The Balaban J connectivity index is 2.87. The lowest BCUT2D eigenvalue weighted by atomic mass is 10.1. The van der Waals surface area contributed by atoms with Crippen LogP contribution in [-0.2, 0) is 11.3 Å². The highest BCUT2D eigenvalue weighted by Crippen LogP contribution is 2.24. The minimum absolute atomic E-state index is 0.562. The number of anilines is 1. The highest BCUT2D eigenvalue weighted by molar-refractivity contribution is 5.48. The Kier molecular flexibility index (Phi) is 7.41. The number of nitrogens with two attached hydrogens (primary N) is 1. The van der Waals surface area contributed by atoms with Crippen LogP contribution in [0.25, 0.3) is 0 Å². The van der Waals surface area contributed by atoms with Crippen LogP contribution in [0.15, 0.2) is 18.2 Å². The molecule has 0 bridgehead atoms. The monoisotopic (exact) mass is 280 g/mol. The van der Waals surface area contributed by atoms with Gasteiger partial charge >= 0.3 is 0 Å². The van der Waals surface area contributed by atoms with Gasteiger partial charge in [0.25, 0.3) is 0 Å². The smallest absolute Gasteiger partial charge is 0.125 e. The van der Waals surface area contributed by atoms with Gasteiger partial charge in [-0.2, -0.15) is 0 Å². The first-order valence-electron chi connectivity index (χ1n) is 7.31. The summed E-state index contributed by atoms with van der Waals surface area (Å²) in [6.45, 7) is 6.99. The lowest BCUT2D eigenvalue weighted by molar-refractivity contribution is 0.109. The maximum Gasteiger partial charge on any atom is 0.125 e. The van der Waals surface area contributed by atoms with E-state index in [0.717, 1.165) is 44.0 Å². The zero-order valence-corrected chi connectivity index (χ0v) is 13.2. The Labute approximate surface area is 122 Å². The van der Waals surface area contributed by atoms with Gasteiger partial charge in [-0.05, 0) is 18.9 Å². The highest BCUT2D eigenvalue weighted by Gasteiger charge is 2.17. The van der Waals surface area contributed by atoms with E-state index in [2.05, 4.69) is 24.8 Å². The number of nitrogens with zero attached hydrogens (tertiary/aromatic N) is 1. The predicted molar refractivity (Wildman–Crippen MR) is 84.1 cm³/mol. The van der Waals surface area contributed by atoms with Crippen LogP contribution < -0.4 is 10.5 Å². The molecular formula is C16H28N2O2. The topological polar surface area (TPSA) is 47.7 Å². The van der Waals surface area contributed by atoms with Gasteiger partial charge in [0.2, 0.25) is 0 Å². The molecule has 0 atom stereocenters. The van der Waals surface area contributed by atoms with Crippen molar-refractivity contribution in [2.24, 2.45) is 0 Å². The van der Waals surface area contributed by atoms with E-state index in [1.54, 1.807) is 14.2 Å². The molecule has 0 aliphatic heterocycles. The summed E-state index contributed by atoms with van der Waals surface area (Å²) < 4.78 is 10.7. The Morgan fingerprint density at radius 3 is 2.45 bits per heavy atom. The fourth-order valence-electron chi connectivity index (χ4n) is 2.51. The molecule has 114 valence electrons. The van der Waals surface area contributed by atoms with Gasteiger partial charge in [0.1, 0.15) is 5.75 Å². The molecule has 0 aliphatic carbocycles. The van der Waals surface area contributed by atoms with Crippen molar-refractivity contribution >= 4 is 5.69 Å². The molecule has 0 amide bonds. The average molecular weight is 280 g/mol. The first kappa shape index (κ1) is 16.8. The van der Waals surface area contributed by atoms with Crippen LogP contribution in [0.1, 0.15) is 32.3 Å². The fourth-order valence-corrected chi connectivity index (χ4v) is 2.51. The third kappa shape index (κ3) is 4.69. The lowest BCUT2D eigenvalue weighted by Gasteiger charge is -2.30. The minimum atomic E-state index is 0.562. The van der Waals surface area contributed by atoms with Gasteiger partial charge in [-0.1, -0.05) is 19.9 Å². The number of ether oxygens (including phenoxy) is 2. The highest BCUT2D eigenvalue weighted by atomic mass is 16.5. The number of rotatable bonds is 9. The summed E-state index contributed by atoms with van der Waals surface area (Å²) in [6.07, 6.45) is 2.27. The molecule has 0 spiro atoms. The molecule has 2 N–H and O–H groups in total. The molecule has 0 aromatic heterocycles. The lowest BCUT2D eigenvalue weighted by Crippen LogP contribution is -2.36. The van der Waals surface area contributed by atoms with E-state index in [0.29, 0.717) is 6.04 Å². The zero-order chi connectivity index (χ0) is 15.0. The maximum absolute atomic E-state index is 5.81. The molecule has 0 unspecified atom stereocenters. The molecule has 20 heavy (non-hydrogen) atoms. The third-order valence-electron chi connectivity index (χ3n) is 3.73. The van der Waals surface area contributed by atoms with Gasteiger partial charge in [0.05, 0.1) is 13.7 Å². The van der Waals surface area contributed by atoms with Gasteiger partial charge in [-0.15, -0.1) is 0 Å². The first-order chi connectivity index (χ1) is 9.65. The number of hydrogen-bond donors (Lipinski definition) is 1. The standard InChI is InChI=1S/C16H28N2O2/c1-5-15(6-2)18(9-10-19-3)12-13-7-8-14(17)11-16(13)20-4/h7-8,11,15H,5-6,9-10,12,17H2,1-4H3. The van der Waals surface area contributed by atoms with Crippen LogP contribution in [0.2, 0.25) is 0 Å². The van der Waals surface area contributed by atoms with Gasteiger partial charge in [0, 0.05) is 43.6 Å². The number of benzene rings is 1. The van der Waals surface area contributed by atoms with Crippen molar-refractivity contribution in [1.82, 2.24) is 4.90 Å². The summed E-state index contributed by atoms with van der Waals surface area (Å²) in [6, 6.07) is 6.43. The molecule has 4 nitrogen and oxygen atoms in total. The average Bonchev–Trinajstić information content (AvgIpc) is 2.47. The first-order valence-corrected chi connectivity index (χ1v) is 7.31. The van der Waals surface area contributed by atoms with Crippen molar-refractivity contribution < 1.29 is 9.47 Å². The minimum Gasteiger partial charge on any atom is -0.496 e. The van der Waals surface area contributed by atoms with Crippen LogP contribution in [0.4, 0.5) is 5.69 Å². The second-order valence-corrected chi connectivity index (χ2v) is 5.00. The third-order valence-corrected chi connectivity index (χ3v) is 3.73. The second-order valence-electron chi connectivity index (χ2n) is 5.00. The van der Waals surface area contributed by atoms with Crippen molar-refractivity contribution in [3.05, 3.63) is 23.8 Å². The van der Waals surface area contributed by atoms with E-state index >= 15 is 0 Å². The molecule has 0 saturated heterocycles. The van der Waals surface area contributed by atoms with Crippen LogP contribution in [0.5, 0.6) is 5.75 Å². The van der Waals surface area contributed by atoms with Gasteiger partial charge in [-0.3, -0.25) is 4.90 Å². The van der Waals surface area contributed by atoms with E-state index in [1.807, 2.05) is 12.1 Å². The Morgan fingerprint density at radius 1 is 1.20 bits per heavy atom. The quantitative estimate of drug-likeness (QED) is 0.707. The van der Waals surface area contributed by atoms with Crippen molar-refractivity contribution in [3.8, 4) is 5.75 Å². The van der Waals surface area contributed by atoms with Gasteiger partial charge in [-0.25, -0.2) is 0 Å². The number of methoxy groups -OCH3 is 2. The van der Waals surface area contributed by atoms with E-state index in [-0.39, 0.29) is 0 Å². The zero-order valence-electron chi connectivity index (χ0n) is 13.2. The number of hydrogen-bond acceptors (Lipinski definition) is 4. The molecule has 0 saturated carbocycles. The van der Waals surface area contributed by atoms with Crippen molar-refractivity contribution in [1.29, 1.82) is 0 Å². The molecule has 0 aliphatic rings. The fraction of sp³-hybridized carbons (Fsp3) is 0.625. The summed E-state index contributed by atoms with van der Waals surface area (Å²) >= 11 is 0. The molecule has 1 aromatic carbocycles. The molecule has 0 fully saturated rings. The van der Waals surface area contributed by atoms with Crippen molar-refractivity contribution in [2.75, 3.05) is 33.1 Å². The van der Waals surface area contributed by atoms with E-state index in [1.165, 1.54) is 5.56 Å². The summed E-state index contributed by atoms with van der Waals surface area (Å²) in [5.74, 6) is 0.860. The number of nitrogen functional groups attached to an aromatic ring is 1. The van der Waals surface area contributed by atoms with Crippen LogP contribution in [0, 0.1) is 0 Å². The largest absolute Gasteiger partial charge is 0.496 e. The van der Waals surface area contributed by atoms with Crippen LogP contribution >= 0.6 is 0 Å². The van der Waals surface area contributed by atoms with Gasteiger partial charge in [0.15, 0.2) is 0 Å². The molecule has 0 radical (unpaired) electrons. The molecule has 4 heteroatoms. The molecule has 1 aromatic rings. The summed E-state index contributed by atoms with van der Waals surface area (Å²) in [7, 11) is 3.43. The van der Waals surface area contributed by atoms with E-state index < -0.39 is 0 Å². The maximum atomic E-state index is 5.81. The second kappa shape index (κ2) is 8.82. The summed E-state index contributed by atoms with van der Waals surface area (Å²) in [5, 5.41) is 0. The Morgan fingerprint density at radius 2 is 1.90 bits per heavy atom. The van der Waals surface area contributed by atoms with Crippen LogP contribution in [0.3, 0.4) is 0 Å². The predicted octanol–water partition coefficient (Wildman–Crippen LogP) is 2.91. The SMILES string of the molecule is CCC(CC)N(CCOC)Cc1ccc(N)cc1OC. The van der Waals surface area contributed by atoms with E-state index in [9.17, 15) is 0 Å². The molecule has 0 heterocycles. The molecular weight excluding hydrogens is 252 g/mol. The summed E-state index contributed by atoms with van der Waals surface area (Å²) in [4.78, 5) is 2.46. The van der Waals surface area contributed by atoms with E-state index in [4.69, 9.17) is 15.2 Å². The van der Waals surface area contributed by atoms with Crippen molar-refractivity contribution in [2.45, 2.75) is 39.3 Å². The molecule has 1 rings (SSSR count). The van der Waals surface area contributed by atoms with Crippen molar-refractivity contribution in [3.63, 3.8) is 0 Å². The van der Waals surface area contributed by atoms with Crippen LogP contribution in [-0.4, -0.2) is 38.3 Å². The summed E-state index contributed by atoms with van der Waals surface area (Å²) in [5.41, 5.74) is 7.72. The van der Waals surface area contributed by atoms with Gasteiger partial charge < -0.3 is 15.2 Å². The Hall–Kier alpha value is -1.26.